The van der Waals surface area contributed by atoms with Crippen LogP contribution < -0.4 is 10.1 Å². The van der Waals surface area contributed by atoms with Crippen LogP contribution in [0.25, 0.3) is 0 Å². The molecule has 6 heteroatoms. The molecule has 0 bridgehead atoms. The Hall–Kier alpha value is -2.08. The van der Waals surface area contributed by atoms with Crippen LogP contribution in [-0.2, 0) is 14.3 Å². The van der Waals surface area contributed by atoms with Gasteiger partial charge in [-0.3, -0.25) is 9.59 Å². The molecule has 2 N–H and O–H groups in total. The third-order valence-corrected chi connectivity index (χ3v) is 2.52. The first-order valence-electron chi connectivity index (χ1n) is 6.94. The molecule has 0 atom stereocenters. The number of hydrogen-bond donors (Lipinski definition) is 2. The highest BCUT2D eigenvalue weighted by Gasteiger charge is 2.03. The topological polar surface area (TPSA) is 84.9 Å². The monoisotopic (exact) mass is 295 g/mol. The quantitative estimate of drug-likeness (QED) is 0.647. The Morgan fingerprint density at radius 3 is 2.52 bits per heavy atom. The maximum atomic E-state index is 11.5. The van der Waals surface area contributed by atoms with E-state index in [2.05, 4.69) is 5.32 Å². The van der Waals surface area contributed by atoms with Crippen LogP contribution in [0, 0.1) is 0 Å². The third-order valence-electron chi connectivity index (χ3n) is 2.52. The molecule has 1 rings (SSSR count). The van der Waals surface area contributed by atoms with Gasteiger partial charge in [0.2, 0.25) is 5.91 Å². The molecule has 0 fully saturated rings. The van der Waals surface area contributed by atoms with E-state index in [0.29, 0.717) is 31.1 Å². The van der Waals surface area contributed by atoms with E-state index in [1.165, 1.54) is 0 Å². The molecule has 0 aromatic heterocycles. The summed E-state index contributed by atoms with van der Waals surface area (Å²) in [6, 6.07) is 6.90. The zero-order chi connectivity index (χ0) is 15.5. The van der Waals surface area contributed by atoms with Crippen molar-refractivity contribution in [3.8, 4) is 5.75 Å². The molecule has 0 aliphatic rings. The molecule has 0 radical (unpaired) electrons. The first kappa shape index (κ1) is 17.0. The molecule has 1 aromatic carbocycles. The number of benzene rings is 1. The van der Waals surface area contributed by atoms with E-state index >= 15 is 0 Å². The van der Waals surface area contributed by atoms with Gasteiger partial charge in [-0.1, -0.05) is 6.92 Å². The highest BCUT2D eigenvalue weighted by Crippen LogP contribution is 2.16. The smallest absolute Gasteiger partial charge is 0.303 e. The number of hydrogen-bond acceptors (Lipinski definition) is 4. The van der Waals surface area contributed by atoms with E-state index in [0.717, 1.165) is 6.42 Å². The second-order valence-corrected chi connectivity index (χ2v) is 4.47. The zero-order valence-electron chi connectivity index (χ0n) is 12.1. The van der Waals surface area contributed by atoms with Crippen LogP contribution in [0.1, 0.15) is 26.2 Å². The Morgan fingerprint density at radius 1 is 1.19 bits per heavy atom. The molecule has 6 nitrogen and oxygen atoms in total. The number of carbonyl (C=O) groups is 2. The maximum absolute atomic E-state index is 11.5. The van der Waals surface area contributed by atoms with E-state index in [9.17, 15) is 9.59 Å². The normalized spacial score (nSPS) is 10.1. The molecule has 0 saturated carbocycles. The molecule has 0 saturated heterocycles. The summed E-state index contributed by atoms with van der Waals surface area (Å²) in [5.41, 5.74) is 0.665. The molecule has 0 heterocycles. The van der Waals surface area contributed by atoms with Gasteiger partial charge in [0.1, 0.15) is 12.4 Å². The Morgan fingerprint density at radius 2 is 1.90 bits per heavy atom. The van der Waals surface area contributed by atoms with Crippen molar-refractivity contribution < 1.29 is 24.2 Å². The molecule has 116 valence electrons. The van der Waals surface area contributed by atoms with Gasteiger partial charge < -0.3 is 19.9 Å². The summed E-state index contributed by atoms with van der Waals surface area (Å²) in [5.74, 6) is -0.388. The molecule has 0 aliphatic heterocycles. The SMILES string of the molecule is CCCOCC(=O)Nc1ccc(OCCCC(=O)O)cc1. The fraction of sp³-hybridized carbons (Fsp3) is 0.467. The van der Waals surface area contributed by atoms with Crippen LogP contribution in [0.2, 0.25) is 0 Å². The molecular weight excluding hydrogens is 274 g/mol. The molecule has 1 amide bonds. The summed E-state index contributed by atoms with van der Waals surface area (Å²) in [6.45, 7) is 2.94. The molecule has 1 aromatic rings. The van der Waals surface area contributed by atoms with E-state index in [4.69, 9.17) is 14.6 Å². The summed E-state index contributed by atoms with van der Waals surface area (Å²) in [6.07, 6.45) is 1.43. The van der Waals surface area contributed by atoms with Crippen LogP contribution >= 0.6 is 0 Å². The lowest BCUT2D eigenvalue weighted by atomic mass is 10.3. The highest BCUT2D eigenvalue weighted by atomic mass is 16.5. The van der Waals surface area contributed by atoms with Crippen LogP contribution in [0.4, 0.5) is 5.69 Å². The first-order valence-corrected chi connectivity index (χ1v) is 6.94. The van der Waals surface area contributed by atoms with Gasteiger partial charge in [-0.2, -0.15) is 0 Å². The van der Waals surface area contributed by atoms with E-state index in [1.54, 1.807) is 24.3 Å². The van der Waals surface area contributed by atoms with E-state index in [1.807, 2.05) is 6.92 Å². The van der Waals surface area contributed by atoms with Crippen molar-refractivity contribution in [2.45, 2.75) is 26.2 Å². The number of rotatable bonds is 10. The molecular formula is C15H21NO5. The van der Waals surface area contributed by atoms with Gasteiger partial charge in [-0.15, -0.1) is 0 Å². The minimum atomic E-state index is -0.832. The van der Waals surface area contributed by atoms with Crippen molar-refractivity contribution in [3.63, 3.8) is 0 Å². The average molecular weight is 295 g/mol. The molecule has 0 spiro atoms. The molecule has 0 aliphatic carbocycles. The summed E-state index contributed by atoms with van der Waals surface area (Å²) in [7, 11) is 0. The Kier molecular flexibility index (Phi) is 7.89. The first-order chi connectivity index (χ1) is 10.1. The van der Waals surface area contributed by atoms with Gasteiger partial charge in [0.25, 0.3) is 0 Å². The average Bonchev–Trinajstić information content (AvgIpc) is 2.45. The summed E-state index contributed by atoms with van der Waals surface area (Å²) in [5, 5.41) is 11.2. The van der Waals surface area contributed by atoms with Gasteiger partial charge in [0, 0.05) is 18.7 Å². The van der Waals surface area contributed by atoms with Crippen molar-refractivity contribution >= 4 is 17.6 Å². The largest absolute Gasteiger partial charge is 0.494 e. The van der Waals surface area contributed by atoms with Crippen LogP contribution in [0.3, 0.4) is 0 Å². The Balaban J connectivity index is 2.29. The lowest BCUT2D eigenvalue weighted by Crippen LogP contribution is -2.18. The summed E-state index contributed by atoms with van der Waals surface area (Å²) in [4.78, 5) is 21.9. The molecule has 0 unspecified atom stereocenters. The predicted molar refractivity (Wildman–Crippen MR) is 78.5 cm³/mol. The van der Waals surface area contributed by atoms with Crippen molar-refractivity contribution in [2.24, 2.45) is 0 Å². The van der Waals surface area contributed by atoms with E-state index in [-0.39, 0.29) is 18.9 Å². The number of aliphatic carboxylic acids is 1. The van der Waals surface area contributed by atoms with Crippen molar-refractivity contribution in [1.29, 1.82) is 0 Å². The van der Waals surface area contributed by atoms with Gasteiger partial charge >= 0.3 is 5.97 Å². The van der Waals surface area contributed by atoms with Gasteiger partial charge in [-0.05, 0) is 37.1 Å². The van der Waals surface area contributed by atoms with Gasteiger partial charge in [0.05, 0.1) is 6.61 Å². The number of anilines is 1. The van der Waals surface area contributed by atoms with Crippen LogP contribution in [0.5, 0.6) is 5.75 Å². The summed E-state index contributed by atoms with van der Waals surface area (Å²) < 4.78 is 10.5. The fourth-order valence-corrected chi connectivity index (χ4v) is 1.55. The van der Waals surface area contributed by atoms with E-state index < -0.39 is 5.97 Å². The number of amides is 1. The second kappa shape index (κ2) is 9.77. The summed E-state index contributed by atoms with van der Waals surface area (Å²) >= 11 is 0. The standard InChI is InChI=1S/C15H21NO5/c1-2-9-20-11-14(17)16-12-5-7-13(8-6-12)21-10-3-4-15(18)19/h5-8H,2-4,9-11H2,1H3,(H,16,17)(H,18,19). The Bertz CT molecular complexity index is 444. The lowest BCUT2D eigenvalue weighted by molar-refractivity contribution is -0.137. The van der Waals surface area contributed by atoms with Gasteiger partial charge in [-0.25, -0.2) is 0 Å². The number of carboxylic acid groups (broad SMARTS) is 1. The number of nitrogens with one attached hydrogen (secondary N) is 1. The maximum Gasteiger partial charge on any atom is 0.303 e. The lowest BCUT2D eigenvalue weighted by Gasteiger charge is -2.08. The van der Waals surface area contributed by atoms with Crippen molar-refractivity contribution in [2.75, 3.05) is 25.1 Å². The second-order valence-electron chi connectivity index (χ2n) is 4.47. The third kappa shape index (κ3) is 7.94. The minimum Gasteiger partial charge on any atom is -0.494 e. The van der Waals surface area contributed by atoms with Crippen LogP contribution in [0.15, 0.2) is 24.3 Å². The van der Waals surface area contributed by atoms with Crippen molar-refractivity contribution in [1.82, 2.24) is 0 Å². The molecule has 21 heavy (non-hydrogen) atoms. The van der Waals surface area contributed by atoms with Gasteiger partial charge in [0.15, 0.2) is 0 Å². The minimum absolute atomic E-state index is 0.0429. The highest BCUT2D eigenvalue weighted by molar-refractivity contribution is 5.91. The van der Waals surface area contributed by atoms with Crippen LogP contribution in [-0.4, -0.2) is 36.8 Å². The van der Waals surface area contributed by atoms with Crippen molar-refractivity contribution in [3.05, 3.63) is 24.3 Å². The zero-order valence-corrected chi connectivity index (χ0v) is 12.1. The number of ether oxygens (including phenoxy) is 2. The Labute approximate surface area is 124 Å². The number of carboxylic acids is 1. The fourth-order valence-electron chi connectivity index (χ4n) is 1.55. The predicted octanol–water partition coefficient (Wildman–Crippen LogP) is 2.30. The number of carbonyl (C=O) groups excluding carboxylic acids is 1.